The van der Waals surface area contributed by atoms with E-state index in [0.717, 1.165) is 5.56 Å². The maximum absolute atomic E-state index is 11.5. The van der Waals surface area contributed by atoms with Crippen LogP contribution < -0.4 is 4.90 Å². The number of oxime groups is 1. The highest BCUT2D eigenvalue weighted by atomic mass is 35.5. The minimum atomic E-state index is -0.960. The van der Waals surface area contributed by atoms with Crippen LogP contribution in [0.5, 0.6) is 0 Å². The van der Waals surface area contributed by atoms with Crippen molar-refractivity contribution in [3.05, 3.63) is 29.3 Å². The average Bonchev–Trinajstić information content (AvgIpc) is 2.76. The Bertz CT molecular complexity index is 578. The lowest BCUT2D eigenvalue weighted by Crippen LogP contribution is -2.44. The molecule has 0 aromatic heterocycles. The molecule has 0 spiro atoms. The Balaban J connectivity index is 2.48. The third kappa shape index (κ3) is 2.45. The average molecular weight is 297 g/mol. The lowest BCUT2D eigenvalue weighted by Gasteiger charge is -2.33. The summed E-state index contributed by atoms with van der Waals surface area (Å²) in [6.45, 7) is 6.05. The Labute approximate surface area is 122 Å². The van der Waals surface area contributed by atoms with Crippen LogP contribution in [0.1, 0.15) is 31.9 Å². The maximum Gasteiger partial charge on any atom is 0.412 e. The van der Waals surface area contributed by atoms with Crippen LogP contribution in [0.2, 0.25) is 0 Å². The minimum absolute atomic E-state index is 0.00566. The summed E-state index contributed by atoms with van der Waals surface area (Å²) in [6, 6.07) is 5.01. The van der Waals surface area contributed by atoms with Gasteiger partial charge >= 0.3 is 6.09 Å². The van der Waals surface area contributed by atoms with Gasteiger partial charge in [0.1, 0.15) is 0 Å². The van der Waals surface area contributed by atoms with E-state index in [2.05, 4.69) is 5.16 Å². The molecule has 0 radical (unpaired) electrons. The van der Waals surface area contributed by atoms with Crippen LogP contribution in [-0.4, -0.2) is 27.6 Å². The van der Waals surface area contributed by atoms with Gasteiger partial charge in [-0.15, -0.1) is 0 Å². The predicted molar refractivity (Wildman–Crippen MR) is 78.1 cm³/mol. The van der Waals surface area contributed by atoms with Gasteiger partial charge in [-0.05, 0) is 35.6 Å². The van der Waals surface area contributed by atoms with Crippen LogP contribution >= 0.6 is 11.6 Å². The van der Waals surface area contributed by atoms with E-state index in [-0.39, 0.29) is 16.6 Å². The molecule has 0 fully saturated rings. The van der Waals surface area contributed by atoms with Gasteiger partial charge < -0.3 is 10.3 Å². The van der Waals surface area contributed by atoms with Crippen molar-refractivity contribution < 1.29 is 15.1 Å². The molecule has 1 atom stereocenters. The van der Waals surface area contributed by atoms with Gasteiger partial charge in [0, 0.05) is 11.6 Å². The fraction of sp³-hybridized carbons (Fsp3) is 0.429. The first-order chi connectivity index (χ1) is 9.25. The molecule has 6 heteroatoms. The fourth-order valence-electron chi connectivity index (χ4n) is 2.57. The van der Waals surface area contributed by atoms with Crippen molar-refractivity contribution in [2.24, 2.45) is 10.6 Å². The van der Waals surface area contributed by atoms with Gasteiger partial charge in [0.05, 0.1) is 5.69 Å². The van der Waals surface area contributed by atoms with E-state index in [1.54, 1.807) is 18.2 Å². The Morgan fingerprint density at radius 2 is 2.10 bits per heavy atom. The summed E-state index contributed by atoms with van der Waals surface area (Å²) in [4.78, 5) is 12.9. The summed E-state index contributed by atoms with van der Waals surface area (Å²) >= 11 is 5.79. The third-order valence-corrected chi connectivity index (χ3v) is 3.89. The van der Waals surface area contributed by atoms with Crippen molar-refractivity contribution in [1.29, 1.82) is 0 Å². The van der Waals surface area contributed by atoms with Crippen LogP contribution in [0.25, 0.3) is 0 Å². The van der Waals surface area contributed by atoms with E-state index in [1.165, 1.54) is 4.90 Å². The number of benzene rings is 1. The molecule has 2 rings (SSSR count). The number of hydrogen-bond donors (Lipinski definition) is 2. The molecule has 1 amide bonds. The molecular weight excluding hydrogens is 280 g/mol. The summed E-state index contributed by atoms with van der Waals surface area (Å²) < 4.78 is 0. The zero-order chi connectivity index (χ0) is 15.1. The van der Waals surface area contributed by atoms with Crippen LogP contribution in [0.15, 0.2) is 23.4 Å². The molecule has 108 valence electrons. The second-order valence-corrected chi connectivity index (χ2v) is 6.33. The van der Waals surface area contributed by atoms with Crippen molar-refractivity contribution in [3.63, 3.8) is 0 Å². The molecule has 1 aromatic rings. The largest absolute Gasteiger partial charge is 0.465 e. The van der Waals surface area contributed by atoms with E-state index in [0.29, 0.717) is 17.7 Å². The molecular formula is C14H17ClN2O3. The smallest absolute Gasteiger partial charge is 0.412 e. The van der Waals surface area contributed by atoms with E-state index < -0.39 is 6.09 Å². The summed E-state index contributed by atoms with van der Waals surface area (Å²) in [7, 11) is 0. The van der Waals surface area contributed by atoms with Crippen molar-refractivity contribution >= 4 is 28.6 Å². The molecule has 0 saturated carbocycles. The Morgan fingerprint density at radius 1 is 1.45 bits per heavy atom. The van der Waals surface area contributed by atoms with Gasteiger partial charge in [-0.2, -0.15) is 0 Å². The zero-order valence-electron chi connectivity index (χ0n) is 11.6. The number of amides is 1. The second kappa shape index (κ2) is 4.98. The Morgan fingerprint density at radius 3 is 2.60 bits per heavy atom. The monoisotopic (exact) mass is 296 g/mol. The molecule has 2 N–H and O–H groups in total. The number of halogens is 1. The quantitative estimate of drug-likeness (QED) is 0.473. The number of nitrogens with zero attached hydrogens (tertiary/aromatic N) is 2. The molecule has 5 nitrogen and oxygen atoms in total. The van der Waals surface area contributed by atoms with Gasteiger partial charge in [0.15, 0.2) is 5.17 Å². The van der Waals surface area contributed by atoms with Gasteiger partial charge in [-0.1, -0.05) is 37.5 Å². The Hall–Kier alpha value is -1.75. The van der Waals surface area contributed by atoms with Gasteiger partial charge in [-0.25, -0.2) is 4.79 Å². The molecule has 1 aliphatic rings. The number of anilines is 1. The van der Waals surface area contributed by atoms with Crippen molar-refractivity contribution in [1.82, 2.24) is 0 Å². The number of rotatable bonds is 1. The van der Waals surface area contributed by atoms with E-state index >= 15 is 0 Å². The van der Waals surface area contributed by atoms with Crippen LogP contribution in [0.3, 0.4) is 0 Å². The third-order valence-electron chi connectivity index (χ3n) is 3.60. The maximum atomic E-state index is 11.5. The first-order valence-electron chi connectivity index (χ1n) is 6.28. The zero-order valence-corrected chi connectivity index (χ0v) is 12.3. The van der Waals surface area contributed by atoms with E-state index in [9.17, 15) is 9.90 Å². The normalized spacial score (nSPS) is 19.1. The predicted octanol–water partition coefficient (Wildman–Crippen LogP) is 3.52. The van der Waals surface area contributed by atoms with Gasteiger partial charge in [0.2, 0.25) is 0 Å². The number of hydrogen-bond acceptors (Lipinski definition) is 3. The number of fused-ring (bicyclic) bond motifs is 1. The first-order valence-corrected chi connectivity index (χ1v) is 6.66. The highest BCUT2D eigenvalue weighted by Gasteiger charge is 2.40. The summed E-state index contributed by atoms with van der Waals surface area (Å²) in [5.74, 6) is 0. The first kappa shape index (κ1) is 14.7. The summed E-state index contributed by atoms with van der Waals surface area (Å²) in [6.07, 6.45) is -0.340. The molecule has 0 aliphatic carbocycles. The van der Waals surface area contributed by atoms with Gasteiger partial charge in [-0.3, -0.25) is 4.90 Å². The van der Waals surface area contributed by atoms with E-state index in [4.69, 9.17) is 16.8 Å². The van der Waals surface area contributed by atoms with Crippen molar-refractivity contribution in [3.8, 4) is 0 Å². The summed E-state index contributed by atoms with van der Waals surface area (Å²) in [5, 5.41) is 21.1. The van der Waals surface area contributed by atoms with Crippen LogP contribution in [0, 0.1) is 5.41 Å². The fourth-order valence-corrected chi connectivity index (χ4v) is 2.68. The van der Waals surface area contributed by atoms with E-state index in [1.807, 2.05) is 20.8 Å². The molecule has 1 unspecified atom stereocenters. The molecule has 20 heavy (non-hydrogen) atoms. The molecule has 1 aliphatic heterocycles. The highest BCUT2D eigenvalue weighted by Crippen LogP contribution is 2.40. The topological polar surface area (TPSA) is 73.1 Å². The molecule has 1 heterocycles. The van der Waals surface area contributed by atoms with Gasteiger partial charge in [0.25, 0.3) is 0 Å². The highest BCUT2D eigenvalue weighted by molar-refractivity contribution is 6.69. The van der Waals surface area contributed by atoms with Crippen molar-refractivity contribution in [2.75, 3.05) is 4.90 Å². The molecule has 0 saturated heterocycles. The van der Waals surface area contributed by atoms with Crippen LogP contribution in [0.4, 0.5) is 10.5 Å². The lowest BCUT2D eigenvalue weighted by atomic mass is 9.84. The second-order valence-electron chi connectivity index (χ2n) is 5.97. The minimum Gasteiger partial charge on any atom is -0.465 e. The number of carbonyl (C=O) groups is 1. The molecule has 0 bridgehead atoms. The van der Waals surface area contributed by atoms with Crippen molar-refractivity contribution in [2.45, 2.75) is 33.2 Å². The SMILES string of the molecule is CC(C)(C)C1Cc2cc(C(Cl)=NO)ccc2N1C(=O)O. The Kier molecular flexibility index (Phi) is 3.65. The molecule has 1 aromatic carbocycles. The number of carboxylic acid groups (broad SMARTS) is 1. The van der Waals surface area contributed by atoms with Crippen LogP contribution in [-0.2, 0) is 6.42 Å². The lowest BCUT2D eigenvalue weighted by molar-refractivity contribution is 0.191. The standard InChI is InChI=1S/C14H17ClN2O3/c1-14(2,3)11-7-9-6-8(12(15)16-20)4-5-10(9)17(11)13(18)19/h4-6,11,20H,7H2,1-3H3,(H,18,19). The summed E-state index contributed by atoms with van der Waals surface area (Å²) in [5.41, 5.74) is 1.97.